The lowest BCUT2D eigenvalue weighted by molar-refractivity contribution is -0.130. The van der Waals surface area contributed by atoms with Crippen LogP contribution < -0.4 is 25.8 Å². The standard InChI is InChI=1S/C27H43N3O4/c1-20-10-12-21(13-11-20)26(31)30-23(9-7-5-3-2-4-6-8-16-28)27(32)29-22-14-15-24-25(19-22)34-18-17-33-24/h14-15,19-21,23H,2-13,16-18,28H2,1H3,(H,29,32)(H,30,31). The number of benzene rings is 1. The molecule has 190 valence electrons. The average Bonchev–Trinajstić information content (AvgIpc) is 2.85. The number of fused-ring (bicyclic) bond motifs is 1. The molecule has 1 fully saturated rings. The molecule has 1 aromatic carbocycles. The molecule has 1 heterocycles. The topological polar surface area (TPSA) is 103 Å². The van der Waals surface area contributed by atoms with Crippen LogP contribution in [0.25, 0.3) is 0 Å². The number of unbranched alkanes of at least 4 members (excludes halogenated alkanes) is 6. The number of ether oxygens (including phenoxy) is 2. The predicted molar refractivity (Wildman–Crippen MR) is 135 cm³/mol. The van der Waals surface area contributed by atoms with E-state index in [4.69, 9.17) is 15.2 Å². The molecule has 2 amide bonds. The van der Waals surface area contributed by atoms with E-state index in [1.165, 1.54) is 19.3 Å². The monoisotopic (exact) mass is 473 g/mol. The maximum Gasteiger partial charge on any atom is 0.246 e. The molecule has 1 atom stereocenters. The Morgan fingerprint density at radius 1 is 0.941 bits per heavy atom. The second-order valence-corrected chi connectivity index (χ2v) is 9.92. The summed E-state index contributed by atoms with van der Waals surface area (Å²) in [6, 6.07) is 4.88. The molecule has 7 heteroatoms. The van der Waals surface area contributed by atoms with E-state index in [1.54, 1.807) is 6.07 Å². The second kappa shape index (κ2) is 14.2. The molecule has 34 heavy (non-hydrogen) atoms. The number of nitrogens with one attached hydrogen (secondary N) is 2. The van der Waals surface area contributed by atoms with E-state index in [0.717, 1.165) is 57.9 Å². The van der Waals surface area contributed by atoms with Crippen LogP contribution in [0.2, 0.25) is 0 Å². The van der Waals surface area contributed by atoms with Gasteiger partial charge in [-0.1, -0.05) is 45.4 Å². The third-order valence-corrected chi connectivity index (χ3v) is 7.03. The van der Waals surface area contributed by atoms with Crippen molar-refractivity contribution in [2.24, 2.45) is 17.6 Å². The van der Waals surface area contributed by atoms with E-state index in [2.05, 4.69) is 17.6 Å². The molecule has 0 saturated heterocycles. The molecule has 1 aromatic rings. The molecule has 0 aromatic heterocycles. The minimum Gasteiger partial charge on any atom is -0.486 e. The predicted octanol–water partition coefficient (Wildman–Crippen LogP) is 4.79. The van der Waals surface area contributed by atoms with Crippen LogP contribution in [0.15, 0.2) is 18.2 Å². The van der Waals surface area contributed by atoms with Gasteiger partial charge in [0, 0.05) is 17.7 Å². The Morgan fingerprint density at radius 2 is 1.59 bits per heavy atom. The van der Waals surface area contributed by atoms with Gasteiger partial charge in [-0.15, -0.1) is 0 Å². The third-order valence-electron chi connectivity index (χ3n) is 7.03. The number of amides is 2. The van der Waals surface area contributed by atoms with E-state index in [1.807, 2.05) is 12.1 Å². The van der Waals surface area contributed by atoms with Crippen molar-refractivity contribution in [3.8, 4) is 11.5 Å². The lowest BCUT2D eigenvalue weighted by Crippen LogP contribution is -2.46. The molecule has 0 radical (unpaired) electrons. The van der Waals surface area contributed by atoms with Crippen LogP contribution >= 0.6 is 0 Å². The van der Waals surface area contributed by atoms with Gasteiger partial charge in [-0.2, -0.15) is 0 Å². The summed E-state index contributed by atoms with van der Waals surface area (Å²) in [6.07, 6.45) is 12.4. The van der Waals surface area contributed by atoms with E-state index >= 15 is 0 Å². The zero-order chi connectivity index (χ0) is 24.2. The van der Waals surface area contributed by atoms with Crippen LogP contribution in [0.1, 0.15) is 84.0 Å². The minimum atomic E-state index is -0.530. The molecule has 1 unspecified atom stereocenters. The van der Waals surface area contributed by atoms with E-state index < -0.39 is 6.04 Å². The van der Waals surface area contributed by atoms with Crippen LogP contribution in [0.3, 0.4) is 0 Å². The van der Waals surface area contributed by atoms with E-state index in [-0.39, 0.29) is 17.7 Å². The van der Waals surface area contributed by atoms with Crippen molar-refractivity contribution in [3.63, 3.8) is 0 Å². The molecule has 2 aliphatic rings. The largest absolute Gasteiger partial charge is 0.486 e. The number of hydrogen-bond donors (Lipinski definition) is 3. The quantitative estimate of drug-likeness (QED) is 0.358. The molecule has 1 saturated carbocycles. The highest BCUT2D eigenvalue weighted by atomic mass is 16.6. The Hall–Kier alpha value is -2.28. The zero-order valence-electron chi connectivity index (χ0n) is 20.8. The molecular formula is C27H43N3O4. The Morgan fingerprint density at radius 3 is 2.29 bits per heavy atom. The zero-order valence-corrected chi connectivity index (χ0v) is 20.8. The lowest BCUT2D eigenvalue weighted by Gasteiger charge is -2.27. The van der Waals surface area contributed by atoms with Crippen LogP contribution in [0.5, 0.6) is 11.5 Å². The highest BCUT2D eigenvalue weighted by Crippen LogP contribution is 2.33. The van der Waals surface area contributed by atoms with Gasteiger partial charge in [0.1, 0.15) is 19.3 Å². The van der Waals surface area contributed by atoms with Gasteiger partial charge in [-0.25, -0.2) is 0 Å². The average molecular weight is 474 g/mol. The second-order valence-electron chi connectivity index (χ2n) is 9.92. The molecule has 1 aliphatic heterocycles. The summed E-state index contributed by atoms with van der Waals surface area (Å²) >= 11 is 0. The molecular weight excluding hydrogens is 430 g/mol. The first-order valence-electron chi connectivity index (χ1n) is 13.3. The smallest absolute Gasteiger partial charge is 0.246 e. The van der Waals surface area contributed by atoms with Gasteiger partial charge in [-0.05, 0) is 63.1 Å². The summed E-state index contributed by atoms with van der Waals surface area (Å²) in [5, 5.41) is 6.06. The first-order valence-corrected chi connectivity index (χ1v) is 13.3. The fourth-order valence-corrected chi connectivity index (χ4v) is 4.81. The Labute approximate surface area is 204 Å². The first kappa shape index (κ1) is 26.3. The summed E-state index contributed by atoms with van der Waals surface area (Å²) in [4.78, 5) is 26.1. The van der Waals surface area contributed by atoms with Crippen molar-refractivity contribution in [1.29, 1.82) is 0 Å². The van der Waals surface area contributed by atoms with Crippen LogP contribution in [-0.4, -0.2) is 37.6 Å². The summed E-state index contributed by atoms with van der Waals surface area (Å²) < 4.78 is 11.2. The number of rotatable bonds is 13. The third kappa shape index (κ3) is 8.49. The molecule has 1 aliphatic carbocycles. The van der Waals surface area contributed by atoms with Gasteiger partial charge in [-0.3, -0.25) is 9.59 Å². The van der Waals surface area contributed by atoms with Gasteiger partial charge < -0.3 is 25.8 Å². The summed E-state index contributed by atoms with van der Waals surface area (Å²) in [7, 11) is 0. The van der Waals surface area contributed by atoms with Crippen LogP contribution in [0, 0.1) is 11.8 Å². The Balaban J connectivity index is 1.53. The Kier molecular flexibility index (Phi) is 11.0. The maximum absolute atomic E-state index is 13.2. The lowest BCUT2D eigenvalue weighted by atomic mass is 9.82. The summed E-state index contributed by atoms with van der Waals surface area (Å²) in [5.74, 6) is 1.88. The highest BCUT2D eigenvalue weighted by Gasteiger charge is 2.28. The fourth-order valence-electron chi connectivity index (χ4n) is 4.81. The van der Waals surface area contributed by atoms with Crippen molar-refractivity contribution >= 4 is 17.5 Å². The number of nitrogens with two attached hydrogens (primary N) is 1. The van der Waals surface area contributed by atoms with E-state index in [9.17, 15) is 9.59 Å². The number of hydrogen-bond acceptors (Lipinski definition) is 5. The van der Waals surface area contributed by atoms with Gasteiger partial charge in [0.2, 0.25) is 11.8 Å². The SMILES string of the molecule is CC1CCC(C(=O)NC(CCCCCCCCCN)C(=O)Nc2ccc3c(c2)OCCO3)CC1. The number of carbonyl (C=O) groups excluding carboxylic acids is 2. The van der Waals surface area contributed by atoms with Gasteiger partial charge in [0.05, 0.1) is 0 Å². The summed E-state index contributed by atoms with van der Waals surface area (Å²) in [5.41, 5.74) is 6.21. The number of carbonyl (C=O) groups is 2. The van der Waals surface area contributed by atoms with Gasteiger partial charge in [0.25, 0.3) is 0 Å². The maximum atomic E-state index is 13.2. The van der Waals surface area contributed by atoms with Crippen LogP contribution in [-0.2, 0) is 9.59 Å². The first-order chi connectivity index (χ1) is 16.6. The Bertz CT molecular complexity index is 777. The minimum absolute atomic E-state index is 0.0170. The highest BCUT2D eigenvalue weighted by molar-refractivity contribution is 5.97. The van der Waals surface area contributed by atoms with Crippen molar-refractivity contribution in [2.75, 3.05) is 25.1 Å². The van der Waals surface area contributed by atoms with Crippen molar-refractivity contribution in [1.82, 2.24) is 5.32 Å². The molecule has 7 nitrogen and oxygen atoms in total. The molecule has 0 spiro atoms. The summed E-state index contributed by atoms with van der Waals surface area (Å²) in [6.45, 7) is 4.03. The normalized spacial score (nSPS) is 20.4. The van der Waals surface area contributed by atoms with Crippen LogP contribution in [0.4, 0.5) is 5.69 Å². The fraction of sp³-hybridized carbons (Fsp3) is 0.704. The number of anilines is 1. The molecule has 3 rings (SSSR count). The van der Waals surface area contributed by atoms with Crippen molar-refractivity contribution < 1.29 is 19.1 Å². The van der Waals surface area contributed by atoms with Gasteiger partial charge in [0.15, 0.2) is 11.5 Å². The molecule has 0 bridgehead atoms. The van der Waals surface area contributed by atoms with Gasteiger partial charge >= 0.3 is 0 Å². The van der Waals surface area contributed by atoms with E-state index in [0.29, 0.717) is 42.7 Å². The van der Waals surface area contributed by atoms with Crippen molar-refractivity contribution in [3.05, 3.63) is 18.2 Å². The molecule has 4 N–H and O–H groups in total. The van der Waals surface area contributed by atoms with Crippen molar-refractivity contribution in [2.45, 2.75) is 90.0 Å².